The minimum atomic E-state index is -3.66. The fourth-order valence-corrected chi connectivity index (χ4v) is 6.99. The van der Waals surface area contributed by atoms with Crippen LogP contribution in [0.1, 0.15) is 43.9 Å². The Kier molecular flexibility index (Phi) is 6.41. The van der Waals surface area contributed by atoms with E-state index in [-0.39, 0.29) is 29.1 Å². The third-order valence-electron chi connectivity index (χ3n) is 6.51. The van der Waals surface area contributed by atoms with E-state index in [0.717, 1.165) is 24.2 Å². The molecule has 2 fully saturated rings. The highest BCUT2D eigenvalue weighted by molar-refractivity contribution is 7.91. The molecule has 0 unspecified atom stereocenters. The van der Waals surface area contributed by atoms with Gasteiger partial charge in [0.05, 0.1) is 12.8 Å². The number of nitrogens with one attached hydrogen (secondary N) is 1. The summed E-state index contributed by atoms with van der Waals surface area (Å²) in [5.74, 6) is 1.57. The van der Waals surface area contributed by atoms with Crippen molar-refractivity contribution in [2.24, 2.45) is 5.92 Å². The molecule has 11 heteroatoms. The van der Waals surface area contributed by atoms with Crippen molar-refractivity contribution in [3.05, 3.63) is 41.6 Å². The van der Waals surface area contributed by atoms with Crippen LogP contribution in [0.15, 0.2) is 44.4 Å². The first-order valence-corrected chi connectivity index (χ1v) is 13.6. The van der Waals surface area contributed by atoms with Crippen LogP contribution in [-0.2, 0) is 14.8 Å². The molecule has 1 amide bonds. The number of hydrogen-bond donors (Lipinski definition) is 1. The molecule has 0 spiro atoms. The van der Waals surface area contributed by atoms with Gasteiger partial charge in [0.2, 0.25) is 17.6 Å². The van der Waals surface area contributed by atoms with Gasteiger partial charge in [-0.25, -0.2) is 8.42 Å². The van der Waals surface area contributed by atoms with Crippen molar-refractivity contribution in [3.8, 4) is 17.1 Å². The predicted octanol–water partition coefficient (Wildman–Crippen LogP) is 4.11. The van der Waals surface area contributed by atoms with E-state index < -0.39 is 10.0 Å². The molecule has 180 valence electrons. The monoisotopic (exact) mass is 502 g/mol. The fourth-order valence-electron chi connectivity index (χ4n) is 4.21. The lowest BCUT2D eigenvalue weighted by Crippen LogP contribution is -2.41. The van der Waals surface area contributed by atoms with Gasteiger partial charge in [-0.05, 0) is 43.9 Å². The first-order chi connectivity index (χ1) is 16.5. The molecule has 1 aliphatic carbocycles. The zero-order valence-electron chi connectivity index (χ0n) is 18.8. The first kappa shape index (κ1) is 23.0. The number of anilines is 1. The topological polar surface area (TPSA) is 115 Å². The van der Waals surface area contributed by atoms with Gasteiger partial charge in [0, 0.05) is 35.9 Å². The Bertz CT molecular complexity index is 1270. The molecule has 3 aromatic rings. The number of aromatic nitrogens is 2. The normalized spacial score (nSPS) is 17.9. The third-order valence-corrected chi connectivity index (χ3v) is 9.83. The molecule has 0 bridgehead atoms. The minimum absolute atomic E-state index is 0.126. The standard InChI is InChI=1S/C23H26N4O5S2/c1-31-19-8-3-2-7-18(19)24-22(28)15-9-11-27(12-10-15)34(29,30)20-13-17(14-33-20)21-25-23(32-26-21)16-5-4-6-16/h2-3,7-8,13-16H,4-6,9-12H2,1H3,(H,24,28). The van der Waals surface area contributed by atoms with Crippen LogP contribution in [0.2, 0.25) is 0 Å². The molecule has 1 aliphatic heterocycles. The Balaban J connectivity index is 1.21. The predicted molar refractivity (Wildman–Crippen MR) is 127 cm³/mol. The second kappa shape index (κ2) is 9.47. The number of benzene rings is 1. The maximum absolute atomic E-state index is 13.2. The van der Waals surface area contributed by atoms with Crippen molar-refractivity contribution in [1.29, 1.82) is 0 Å². The molecular formula is C23H26N4O5S2. The van der Waals surface area contributed by atoms with Crippen LogP contribution in [0.25, 0.3) is 11.4 Å². The lowest BCUT2D eigenvalue weighted by molar-refractivity contribution is -0.120. The highest BCUT2D eigenvalue weighted by Crippen LogP contribution is 2.37. The second-order valence-electron chi connectivity index (χ2n) is 8.61. The molecule has 5 rings (SSSR count). The summed E-state index contributed by atoms with van der Waals surface area (Å²) in [5.41, 5.74) is 1.25. The largest absolute Gasteiger partial charge is 0.495 e. The van der Waals surface area contributed by atoms with Crippen LogP contribution in [0.5, 0.6) is 5.75 Å². The van der Waals surface area contributed by atoms with Crippen LogP contribution in [0.4, 0.5) is 5.69 Å². The SMILES string of the molecule is COc1ccccc1NC(=O)C1CCN(S(=O)(=O)c2cc(-c3noc(C4CCC4)n3)cs2)CC1. The molecule has 2 aliphatic rings. The van der Waals surface area contributed by atoms with Gasteiger partial charge in [-0.3, -0.25) is 4.79 Å². The number of rotatable bonds is 7. The number of thiophene rings is 1. The quantitative estimate of drug-likeness (QED) is 0.517. The summed E-state index contributed by atoms with van der Waals surface area (Å²) in [5, 5.41) is 8.68. The number of carbonyl (C=O) groups is 1. The third kappa shape index (κ3) is 4.47. The average molecular weight is 503 g/mol. The van der Waals surface area contributed by atoms with Crippen molar-refractivity contribution in [2.45, 2.75) is 42.2 Å². The molecule has 0 radical (unpaired) electrons. The molecule has 1 aromatic carbocycles. The van der Waals surface area contributed by atoms with Crippen molar-refractivity contribution in [2.75, 3.05) is 25.5 Å². The average Bonchev–Trinajstić information content (AvgIpc) is 3.49. The summed E-state index contributed by atoms with van der Waals surface area (Å²) < 4.78 is 38.8. The highest BCUT2D eigenvalue weighted by atomic mass is 32.2. The number of amides is 1. The zero-order valence-corrected chi connectivity index (χ0v) is 20.4. The van der Waals surface area contributed by atoms with Gasteiger partial charge in [0.15, 0.2) is 0 Å². The summed E-state index contributed by atoms with van der Waals surface area (Å²) in [6.45, 7) is 0.571. The fraction of sp³-hybridized carbons (Fsp3) is 0.435. The number of methoxy groups -OCH3 is 1. The molecule has 34 heavy (non-hydrogen) atoms. The Hall–Kier alpha value is -2.76. The molecule has 0 atom stereocenters. The van der Waals surface area contributed by atoms with Crippen LogP contribution >= 0.6 is 11.3 Å². The maximum Gasteiger partial charge on any atom is 0.252 e. The van der Waals surface area contributed by atoms with Crippen LogP contribution in [-0.4, -0.2) is 49.0 Å². The van der Waals surface area contributed by atoms with Crippen molar-refractivity contribution in [3.63, 3.8) is 0 Å². The second-order valence-corrected chi connectivity index (χ2v) is 11.7. The Morgan fingerprint density at radius 1 is 1.21 bits per heavy atom. The van der Waals surface area contributed by atoms with Crippen molar-refractivity contribution >= 4 is 33.0 Å². The molecule has 1 saturated heterocycles. The van der Waals surface area contributed by atoms with E-state index in [0.29, 0.717) is 47.5 Å². The number of piperidine rings is 1. The summed E-state index contributed by atoms with van der Waals surface area (Å²) in [7, 11) is -2.11. The number of sulfonamides is 1. The van der Waals surface area contributed by atoms with E-state index in [9.17, 15) is 13.2 Å². The van der Waals surface area contributed by atoms with Gasteiger partial charge in [-0.15, -0.1) is 11.3 Å². The van der Waals surface area contributed by atoms with Gasteiger partial charge in [0.25, 0.3) is 10.0 Å². The molecular weight excluding hydrogens is 476 g/mol. The summed E-state index contributed by atoms with van der Waals surface area (Å²) >= 11 is 1.15. The van der Waals surface area contributed by atoms with Crippen molar-refractivity contribution in [1.82, 2.24) is 14.4 Å². The number of hydrogen-bond acceptors (Lipinski definition) is 8. The number of para-hydroxylation sites is 2. The van der Waals surface area contributed by atoms with Gasteiger partial charge >= 0.3 is 0 Å². The van der Waals surface area contributed by atoms with Crippen LogP contribution in [0, 0.1) is 5.92 Å². The Morgan fingerprint density at radius 2 is 1.97 bits per heavy atom. The highest BCUT2D eigenvalue weighted by Gasteiger charge is 2.33. The van der Waals surface area contributed by atoms with Gasteiger partial charge in [-0.1, -0.05) is 23.7 Å². The number of carbonyl (C=O) groups excluding carboxylic acids is 1. The first-order valence-electron chi connectivity index (χ1n) is 11.3. The van der Waals surface area contributed by atoms with E-state index in [4.69, 9.17) is 9.26 Å². The van der Waals surface area contributed by atoms with Gasteiger partial charge < -0.3 is 14.6 Å². The molecule has 9 nitrogen and oxygen atoms in total. The molecule has 1 N–H and O–H groups in total. The summed E-state index contributed by atoms with van der Waals surface area (Å²) in [6.07, 6.45) is 4.18. The van der Waals surface area contributed by atoms with E-state index in [1.165, 1.54) is 10.7 Å². The Labute approximate surface area is 202 Å². The van der Waals surface area contributed by atoms with Gasteiger partial charge in [-0.2, -0.15) is 9.29 Å². The lowest BCUT2D eigenvalue weighted by Gasteiger charge is -2.30. The smallest absolute Gasteiger partial charge is 0.252 e. The summed E-state index contributed by atoms with van der Waals surface area (Å²) in [6, 6.07) is 8.83. The van der Waals surface area contributed by atoms with Crippen molar-refractivity contribution < 1.29 is 22.5 Å². The zero-order chi connectivity index (χ0) is 23.7. The van der Waals surface area contributed by atoms with E-state index in [1.54, 1.807) is 30.7 Å². The minimum Gasteiger partial charge on any atom is -0.495 e. The number of ether oxygens (including phenoxy) is 1. The molecule has 2 aromatic heterocycles. The molecule has 1 saturated carbocycles. The van der Waals surface area contributed by atoms with Crippen LogP contribution < -0.4 is 10.1 Å². The van der Waals surface area contributed by atoms with Crippen LogP contribution in [0.3, 0.4) is 0 Å². The van der Waals surface area contributed by atoms with Gasteiger partial charge in [0.1, 0.15) is 9.96 Å². The lowest BCUT2D eigenvalue weighted by atomic mass is 9.85. The molecule has 3 heterocycles. The van der Waals surface area contributed by atoms with E-state index >= 15 is 0 Å². The maximum atomic E-state index is 13.2. The Morgan fingerprint density at radius 3 is 2.68 bits per heavy atom. The van der Waals surface area contributed by atoms with E-state index in [1.807, 2.05) is 12.1 Å². The summed E-state index contributed by atoms with van der Waals surface area (Å²) in [4.78, 5) is 17.2. The number of nitrogens with zero attached hydrogens (tertiary/aromatic N) is 3. The van der Waals surface area contributed by atoms with E-state index in [2.05, 4.69) is 15.5 Å².